The van der Waals surface area contributed by atoms with Gasteiger partial charge in [0.25, 0.3) is 0 Å². The molecular weight excluding hydrogens is 478 g/mol. The molecule has 1 amide bonds. The molecule has 0 spiro atoms. The Morgan fingerprint density at radius 2 is 2.03 bits per heavy atom. The zero-order chi connectivity index (χ0) is 25.3. The number of anilines is 1. The lowest BCUT2D eigenvalue weighted by atomic mass is 9.88. The van der Waals surface area contributed by atoms with Gasteiger partial charge in [-0.1, -0.05) is 37.6 Å². The Labute approximate surface area is 218 Å². The summed E-state index contributed by atoms with van der Waals surface area (Å²) in [7, 11) is 0. The van der Waals surface area contributed by atoms with Crippen LogP contribution in [0.25, 0.3) is 0 Å². The van der Waals surface area contributed by atoms with Crippen LogP contribution in [0.4, 0.5) is 5.69 Å². The summed E-state index contributed by atoms with van der Waals surface area (Å²) in [5, 5.41) is 4.06. The Bertz CT molecular complexity index is 1090. The molecule has 3 aliphatic rings. The number of rotatable bonds is 6. The van der Waals surface area contributed by atoms with Crippen molar-refractivity contribution in [1.29, 1.82) is 0 Å². The first-order chi connectivity index (χ1) is 17.3. The fraction of sp³-hybridized carbons (Fsp3) is 0.556. The molecule has 2 aromatic rings. The number of pyridine rings is 1. The van der Waals surface area contributed by atoms with Crippen molar-refractivity contribution < 1.29 is 14.3 Å². The van der Waals surface area contributed by atoms with Crippen LogP contribution in [-0.4, -0.2) is 91.8 Å². The zero-order valence-electron chi connectivity index (χ0n) is 21.4. The average molecular weight is 514 g/mol. The van der Waals surface area contributed by atoms with Gasteiger partial charge in [-0.25, -0.2) is 4.98 Å². The average Bonchev–Trinajstić information content (AvgIpc) is 3.13. The van der Waals surface area contributed by atoms with Crippen molar-refractivity contribution in [2.24, 2.45) is 0 Å². The molecule has 5 rings (SSSR count). The van der Waals surface area contributed by atoms with Crippen molar-refractivity contribution >= 4 is 23.2 Å². The number of benzene rings is 1. The molecule has 2 fully saturated rings. The number of hydrogen-bond acceptors (Lipinski definition) is 7. The van der Waals surface area contributed by atoms with Gasteiger partial charge in [-0.2, -0.15) is 0 Å². The summed E-state index contributed by atoms with van der Waals surface area (Å²) in [6, 6.07) is 9.64. The van der Waals surface area contributed by atoms with Gasteiger partial charge in [0.1, 0.15) is 11.8 Å². The third kappa shape index (κ3) is 5.32. The highest BCUT2D eigenvalue weighted by atomic mass is 35.5. The van der Waals surface area contributed by atoms with E-state index in [2.05, 4.69) is 40.9 Å². The number of nitrogens with one attached hydrogen (secondary N) is 1. The van der Waals surface area contributed by atoms with Crippen molar-refractivity contribution in [3.05, 3.63) is 47.1 Å². The summed E-state index contributed by atoms with van der Waals surface area (Å²) < 4.78 is 11.5. The number of halogens is 1. The number of piperazine rings is 1. The van der Waals surface area contributed by atoms with Crippen LogP contribution in [0.1, 0.15) is 26.3 Å². The van der Waals surface area contributed by atoms with Crippen LogP contribution in [0.3, 0.4) is 0 Å². The molecule has 0 radical (unpaired) electrons. The molecule has 1 N–H and O–H groups in total. The molecule has 1 aromatic heterocycles. The SMILES string of the molecule is C[C@@H]1CN(CCN2CC(C)(C)c3cnc(Oc4ccccc4Cl)cc32)[C@@H](C(=O)N2CCOCC2)CN1. The second kappa shape index (κ2) is 10.5. The van der Waals surface area contributed by atoms with Gasteiger partial charge in [-0.3, -0.25) is 9.69 Å². The van der Waals surface area contributed by atoms with E-state index in [4.69, 9.17) is 21.1 Å². The topological polar surface area (TPSA) is 70.2 Å². The van der Waals surface area contributed by atoms with E-state index in [1.807, 2.05) is 41.4 Å². The first kappa shape index (κ1) is 25.3. The Morgan fingerprint density at radius 1 is 1.25 bits per heavy atom. The maximum Gasteiger partial charge on any atom is 0.241 e. The minimum Gasteiger partial charge on any atom is -0.437 e. The number of carbonyl (C=O) groups is 1. The summed E-state index contributed by atoms with van der Waals surface area (Å²) in [6.45, 7) is 13.3. The van der Waals surface area contributed by atoms with Gasteiger partial charge >= 0.3 is 0 Å². The minimum absolute atomic E-state index is 0.0228. The fourth-order valence-corrected chi connectivity index (χ4v) is 5.65. The van der Waals surface area contributed by atoms with Crippen LogP contribution in [0.15, 0.2) is 36.5 Å². The molecule has 0 aliphatic carbocycles. The highest BCUT2D eigenvalue weighted by Crippen LogP contribution is 2.42. The van der Waals surface area contributed by atoms with Crippen LogP contribution in [0.5, 0.6) is 11.6 Å². The number of ether oxygens (including phenoxy) is 2. The summed E-state index contributed by atoms with van der Waals surface area (Å²) in [4.78, 5) is 24.6. The summed E-state index contributed by atoms with van der Waals surface area (Å²) >= 11 is 6.30. The predicted molar refractivity (Wildman–Crippen MR) is 141 cm³/mol. The smallest absolute Gasteiger partial charge is 0.241 e. The third-order valence-corrected chi connectivity index (χ3v) is 7.75. The van der Waals surface area contributed by atoms with Crippen LogP contribution in [-0.2, 0) is 14.9 Å². The molecule has 194 valence electrons. The molecule has 2 saturated heterocycles. The van der Waals surface area contributed by atoms with E-state index in [0.717, 1.165) is 31.9 Å². The van der Waals surface area contributed by atoms with E-state index in [1.165, 1.54) is 5.56 Å². The van der Waals surface area contributed by atoms with Crippen LogP contribution in [0, 0.1) is 0 Å². The van der Waals surface area contributed by atoms with E-state index in [-0.39, 0.29) is 17.4 Å². The lowest BCUT2D eigenvalue weighted by Gasteiger charge is -2.42. The van der Waals surface area contributed by atoms with Gasteiger partial charge in [-0.15, -0.1) is 0 Å². The maximum absolute atomic E-state index is 13.4. The largest absolute Gasteiger partial charge is 0.437 e. The van der Waals surface area contributed by atoms with Crippen LogP contribution >= 0.6 is 11.6 Å². The van der Waals surface area contributed by atoms with E-state index >= 15 is 0 Å². The number of morpholine rings is 1. The van der Waals surface area contributed by atoms with Gasteiger partial charge in [0.15, 0.2) is 0 Å². The molecule has 1 aromatic carbocycles. The quantitative estimate of drug-likeness (QED) is 0.636. The van der Waals surface area contributed by atoms with Gasteiger partial charge in [0.2, 0.25) is 11.8 Å². The summed E-state index contributed by atoms with van der Waals surface area (Å²) in [5.74, 6) is 1.33. The number of nitrogens with zero attached hydrogens (tertiary/aromatic N) is 4. The maximum atomic E-state index is 13.4. The Hall–Kier alpha value is -2.39. The number of hydrogen-bond donors (Lipinski definition) is 1. The Morgan fingerprint density at radius 3 is 2.81 bits per heavy atom. The Balaban J connectivity index is 1.31. The van der Waals surface area contributed by atoms with Gasteiger partial charge in [0.05, 0.1) is 18.2 Å². The van der Waals surface area contributed by atoms with E-state index < -0.39 is 0 Å². The molecule has 8 nitrogen and oxygen atoms in total. The summed E-state index contributed by atoms with van der Waals surface area (Å²) in [6.07, 6.45) is 1.93. The van der Waals surface area contributed by atoms with Gasteiger partial charge in [0, 0.05) is 80.8 Å². The van der Waals surface area contributed by atoms with E-state index in [1.54, 1.807) is 0 Å². The Kier molecular flexibility index (Phi) is 7.40. The minimum atomic E-state index is -0.147. The molecule has 4 heterocycles. The zero-order valence-corrected chi connectivity index (χ0v) is 22.1. The number of para-hydroxylation sites is 1. The molecule has 0 bridgehead atoms. The lowest BCUT2D eigenvalue weighted by Crippen LogP contribution is -2.63. The molecular formula is C27H36ClN5O3. The molecule has 2 atom stereocenters. The summed E-state index contributed by atoms with van der Waals surface area (Å²) in [5.41, 5.74) is 2.32. The second-order valence-corrected chi connectivity index (χ2v) is 11.0. The van der Waals surface area contributed by atoms with Crippen molar-refractivity contribution in [3.8, 4) is 11.6 Å². The normalized spacial score (nSPS) is 24.0. The fourth-order valence-electron chi connectivity index (χ4n) is 5.47. The molecule has 0 saturated carbocycles. The lowest BCUT2D eigenvalue weighted by molar-refractivity contribution is -0.142. The van der Waals surface area contributed by atoms with Crippen molar-refractivity contribution in [2.45, 2.75) is 38.3 Å². The molecule has 3 aliphatic heterocycles. The second-order valence-electron chi connectivity index (χ2n) is 10.6. The van der Waals surface area contributed by atoms with Crippen LogP contribution < -0.4 is 15.0 Å². The first-order valence-electron chi connectivity index (χ1n) is 12.8. The predicted octanol–water partition coefficient (Wildman–Crippen LogP) is 3.15. The van der Waals surface area contributed by atoms with Crippen LogP contribution in [0.2, 0.25) is 5.02 Å². The third-order valence-electron chi connectivity index (χ3n) is 7.44. The van der Waals surface area contributed by atoms with Gasteiger partial charge < -0.3 is 24.6 Å². The first-order valence-corrected chi connectivity index (χ1v) is 13.2. The van der Waals surface area contributed by atoms with E-state index in [9.17, 15) is 4.79 Å². The van der Waals surface area contributed by atoms with Crippen molar-refractivity contribution in [3.63, 3.8) is 0 Å². The number of fused-ring (bicyclic) bond motifs is 1. The van der Waals surface area contributed by atoms with Crippen molar-refractivity contribution in [1.82, 2.24) is 20.1 Å². The number of carbonyl (C=O) groups excluding carboxylic acids is 1. The number of aromatic nitrogens is 1. The molecule has 36 heavy (non-hydrogen) atoms. The standard InChI is InChI=1S/C27H36ClN5O3/c1-19-17-32(23(16-29-19)26(34)31-10-12-35-13-11-31)8-9-33-18-27(2,3)20-15-30-25(14-22(20)33)36-24-7-5-4-6-21(24)28/h4-7,14-15,19,23,29H,8-13,16-18H2,1-3H3/t19-,23-/m1/s1. The highest BCUT2D eigenvalue weighted by molar-refractivity contribution is 6.32. The van der Waals surface area contributed by atoms with E-state index in [0.29, 0.717) is 55.5 Å². The monoisotopic (exact) mass is 513 g/mol. The molecule has 9 heteroatoms. The van der Waals surface area contributed by atoms with Gasteiger partial charge in [-0.05, 0) is 19.1 Å². The van der Waals surface area contributed by atoms with Crippen molar-refractivity contribution in [2.75, 3.05) is 63.9 Å². The highest BCUT2D eigenvalue weighted by Gasteiger charge is 2.38. The number of amides is 1. The molecule has 0 unspecified atom stereocenters.